The van der Waals surface area contributed by atoms with Gasteiger partial charge in [-0.2, -0.15) is 0 Å². The van der Waals surface area contributed by atoms with E-state index in [1.165, 1.54) is 37.1 Å². The van der Waals surface area contributed by atoms with Crippen LogP contribution in [0, 0.1) is 11.8 Å². The molecule has 2 fully saturated rings. The number of carbonyl (C=O) groups excluding carboxylic acids is 1. The molecule has 5 heteroatoms. The third-order valence-electron chi connectivity index (χ3n) is 5.70. The Balaban J connectivity index is 0.00000243. The van der Waals surface area contributed by atoms with Crippen LogP contribution in [-0.4, -0.2) is 36.5 Å². The zero-order chi connectivity index (χ0) is 17.6. The molecule has 1 unspecified atom stereocenters. The van der Waals surface area contributed by atoms with E-state index >= 15 is 0 Å². The number of benzene rings is 1. The second-order valence-corrected chi connectivity index (χ2v) is 8.05. The van der Waals surface area contributed by atoms with Crippen molar-refractivity contribution in [3.63, 3.8) is 0 Å². The molecule has 1 aromatic rings. The predicted molar refractivity (Wildman–Crippen MR) is 109 cm³/mol. The molecular formula is C21H34ClN3O. The number of rotatable bonds is 5. The van der Waals surface area contributed by atoms with Gasteiger partial charge in [-0.25, -0.2) is 0 Å². The number of amides is 1. The Morgan fingerprint density at radius 3 is 2.73 bits per heavy atom. The van der Waals surface area contributed by atoms with Crippen LogP contribution in [0.2, 0.25) is 0 Å². The van der Waals surface area contributed by atoms with E-state index in [-0.39, 0.29) is 24.2 Å². The molecule has 0 radical (unpaired) electrons. The molecule has 1 aromatic carbocycles. The van der Waals surface area contributed by atoms with Crippen molar-refractivity contribution in [3.8, 4) is 0 Å². The van der Waals surface area contributed by atoms with Crippen LogP contribution in [0.25, 0.3) is 0 Å². The topological polar surface area (TPSA) is 44.4 Å². The minimum Gasteiger partial charge on any atom is -0.352 e. The largest absolute Gasteiger partial charge is 0.352 e. The van der Waals surface area contributed by atoms with E-state index in [4.69, 9.17) is 0 Å². The molecule has 2 aliphatic heterocycles. The number of piperidine rings is 2. The van der Waals surface area contributed by atoms with Gasteiger partial charge in [0.25, 0.3) is 0 Å². The van der Waals surface area contributed by atoms with Gasteiger partial charge in [-0.3, -0.25) is 9.69 Å². The maximum Gasteiger partial charge on any atom is 0.223 e. The zero-order valence-corrected chi connectivity index (χ0v) is 17.0. The fourth-order valence-electron chi connectivity index (χ4n) is 4.25. The Labute approximate surface area is 164 Å². The van der Waals surface area contributed by atoms with E-state index < -0.39 is 0 Å². The van der Waals surface area contributed by atoms with Crippen molar-refractivity contribution in [1.82, 2.24) is 15.5 Å². The second kappa shape index (κ2) is 10.3. The quantitative estimate of drug-likeness (QED) is 0.824. The smallest absolute Gasteiger partial charge is 0.223 e. The number of hydrogen-bond donors (Lipinski definition) is 2. The monoisotopic (exact) mass is 379 g/mol. The van der Waals surface area contributed by atoms with Crippen LogP contribution >= 0.6 is 12.4 Å². The SMILES string of the molecule is CC1CCCN(Cc2ccccc2CNC(=O)[C@H]2CCN[C@@H](C)C2)C1.Cl. The van der Waals surface area contributed by atoms with Gasteiger partial charge >= 0.3 is 0 Å². The molecule has 2 N–H and O–H groups in total. The zero-order valence-electron chi connectivity index (χ0n) is 16.2. The third-order valence-corrected chi connectivity index (χ3v) is 5.70. The van der Waals surface area contributed by atoms with Crippen molar-refractivity contribution in [2.75, 3.05) is 19.6 Å². The molecule has 4 nitrogen and oxygen atoms in total. The maximum atomic E-state index is 12.5. The fourth-order valence-corrected chi connectivity index (χ4v) is 4.25. The van der Waals surface area contributed by atoms with Gasteiger partial charge in [-0.1, -0.05) is 31.2 Å². The molecule has 3 rings (SSSR count). The lowest BCUT2D eigenvalue weighted by Gasteiger charge is -2.31. The highest BCUT2D eigenvalue weighted by molar-refractivity contribution is 5.85. The minimum absolute atomic E-state index is 0. The first kappa shape index (κ1) is 21.2. The van der Waals surface area contributed by atoms with Gasteiger partial charge in [-0.15, -0.1) is 12.4 Å². The van der Waals surface area contributed by atoms with E-state index in [0.29, 0.717) is 12.6 Å². The average Bonchev–Trinajstić information content (AvgIpc) is 2.61. The molecule has 3 atom stereocenters. The molecule has 2 heterocycles. The predicted octanol–water partition coefficient (Wildman–Crippen LogP) is 3.34. The lowest BCUT2D eigenvalue weighted by atomic mass is 9.92. The molecule has 0 bridgehead atoms. The summed E-state index contributed by atoms with van der Waals surface area (Å²) >= 11 is 0. The summed E-state index contributed by atoms with van der Waals surface area (Å²) in [5, 5.41) is 6.60. The van der Waals surface area contributed by atoms with Crippen LogP contribution in [0.4, 0.5) is 0 Å². The second-order valence-electron chi connectivity index (χ2n) is 8.05. The van der Waals surface area contributed by atoms with E-state index in [1.807, 2.05) is 0 Å². The highest BCUT2D eigenvalue weighted by atomic mass is 35.5. The highest BCUT2D eigenvalue weighted by Gasteiger charge is 2.24. The van der Waals surface area contributed by atoms with Crippen LogP contribution in [0.1, 0.15) is 50.7 Å². The molecule has 0 saturated carbocycles. The molecule has 0 aliphatic carbocycles. The summed E-state index contributed by atoms with van der Waals surface area (Å²) in [5.74, 6) is 1.17. The number of nitrogens with one attached hydrogen (secondary N) is 2. The van der Waals surface area contributed by atoms with E-state index in [2.05, 4.69) is 53.6 Å². The lowest BCUT2D eigenvalue weighted by Crippen LogP contribution is -2.42. The molecule has 0 aromatic heterocycles. The molecule has 146 valence electrons. The van der Waals surface area contributed by atoms with Gasteiger partial charge in [0.15, 0.2) is 0 Å². The van der Waals surface area contributed by atoms with E-state index in [1.54, 1.807) is 0 Å². The van der Waals surface area contributed by atoms with Gasteiger partial charge in [0, 0.05) is 31.6 Å². The molecule has 26 heavy (non-hydrogen) atoms. The van der Waals surface area contributed by atoms with Gasteiger partial charge in [0.2, 0.25) is 5.91 Å². The van der Waals surface area contributed by atoms with Gasteiger partial charge in [0.1, 0.15) is 0 Å². The number of halogens is 1. The standard InChI is InChI=1S/C21H33N3O.ClH/c1-16-6-5-11-24(14-16)15-20-8-4-3-7-19(20)13-23-21(25)18-9-10-22-17(2)12-18;/h3-4,7-8,16-18,22H,5-6,9-15H2,1-2H3,(H,23,25);1H/t16?,17-,18-;/m0./s1. The minimum atomic E-state index is 0. The van der Waals surface area contributed by atoms with Gasteiger partial charge in [0.05, 0.1) is 0 Å². The maximum absolute atomic E-state index is 12.5. The number of nitrogens with zero attached hydrogens (tertiary/aromatic N) is 1. The van der Waals surface area contributed by atoms with Gasteiger partial charge in [-0.05, 0) is 62.7 Å². The molecule has 0 spiro atoms. The van der Waals surface area contributed by atoms with Gasteiger partial charge < -0.3 is 10.6 Å². The summed E-state index contributed by atoms with van der Waals surface area (Å²) < 4.78 is 0. The van der Waals surface area contributed by atoms with Crippen LogP contribution in [0.5, 0.6) is 0 Å². The molecular weight excluding hydrogens is 346 g/mol. The fraction of sp³-hybridized carbons (Fsp3) is 0.667. The van der Waals surface area contributed by atoms with E-state index in [0.717, 1.165) is 31.8 Å². The summed E-state index contributed by atoms with van der Waals surface area (Å²) in [6, 6.07) is 9.01. The Morgan fingerprint density at radius 2 is 2.00 bits per heavy atom. The summed E-state index contributed by atoms with van der Waals surface area (Å²) in [5.41, 5.74) is 2.62. The van der Waals surface area contributed by atoms with E-state index in [9.17, 15) is 4.79 Å². The van der Waals surface area contributed by atoms with Crippen LogP contribution in [-0.2, 0) is 17.9 Å². The van der Waals surface area contributed by atoms with Crippen LogP contribution in [0.15, 0.2) is 24.3 Å². The first-order valence-corrected chi connectivity index (χ1v) is 9.92. The summed E-state index contributed by atoms with van der Waals surface area (Å²) in [4.78, 5) is 15.1. The molecule has 1 amide bonds. The van der Waals surface area contributed by atoms with Crippen LogP contribution in [0.3, 0.4) is 0 Å². The first-order chi connectivity index (χ1) is 12.1. The van der Waals surface area contributed by atoms with Crippen molar-refractivity contribution >= 4 is 18.3 Å². The number of carbonyl (C=O) groups is 1. The summed E-state index contributed by atoms with van der Waals surface area (Å²) in [7, 11) is 0. The summed E-state index contributed by atoms with van der Waals surface area (Å²) in [6.07, 6.45) is 4.54. The number of hydrogen-bond acceptors (Lipinski definition) is 3. The Bertz CT molecular complexity index is 580. The van der Waals surface area contributed by atoms with Crippen molar-refractivity contribution in [3.05, 3.63) is 35.4 Å². The van der Waals surface area contributed by atoms with Crippen molar-refractivity contribution < 1.29 is 4.79 Å². The Kier molecular flexibility index (Phi) is 8.39. The first-order valence-electron chi connectivity index (χ1n) is 9.92. The van der Waals surface area contributed by atoms with Crippen molar-refractivity contribution in [1.29, 1.82) is 0 Å². The third kappa shape index (κ3) is 5.97. The highest BCUT2D eigenvalue weighted by Crippen LogP contribution is 2.20. The lowest BCUT2D eigenvalue weighted by molar-refractivity contribution is -0.126. The Morgan fingerprint density at radius 1 is 1.23 bits per heavy atom. The summed E-state index contributed by atoms with van der Waals surface area (Å²) in [6.45, 7) is 9.48. The average molecular weight is 380 g/mol. The number of likely N-dealkylation sites (tertiary alicyclic amines) is 1. The van der Waals surface area contributed by atoms with Crippen LogP contribution < -0.4 is 10.6 Å². The molecule has 2 aliphatic rings. The van der Waals surface area contributed by atoms with Crippen molar-refractivity contribution in [2.24, 2.45) is 11.8 Å². The normalized spacial score (nSPS) is 26.8. The molecule has 2 saturated heterocycles. The Hall–Kier alpha value is -1.10. The van der Waals surface area contributed by atoms with Crippen molar-refractivity contribution in [2.45, 2.75) is 58.7 Å².